The quantitative estimate of drug-likeness (QED) is 0.635. The number of amides is 2. The number of hydrogen-bond donors (Lipinski definition) is 1. The molecule has 0 spiro atoms. The lowest BCUT2D eigenvalue weighted by Gasteiger charge is -2.29. The number of carbonyl (C=O) groups is 2. The van der Waals surface area contributed by atoms with Crippen LogP contribution in [0.5, 0.6) is 0 Å². The number of unbranched alkanes of at least 4 members (excludes halogenated alkanes) is 1. The van der Waals surface area contributed by atoms with Crippen LogP contribution >= 0.6 is 0 Å². The topological polar surface area (TPSA) is 49.4 Å². The van der Waals surface area contributed by atoms with E-state index in [0.29, 0.717) is 19.5 Å². The Morgan fingerprint density at radius 2 is 1.71 bits per heavy atom. The molecule has 0 unspecified atom stereocenters. The zero-order valence-electron chi connectivity index (χ0n) is 17.3. The first kappa shape index (κ1) is 21.7. The Balaban J connectivity index is 2.10. The molecule has 2 rings (SSSR count). The summed E-state index contributed by atoms with van der Waals surface area (Å²) >= 11 is 0. The molecule has 4 heteroatoms. The van der Waals surface area contributed by atoms with E-state index in [1.165, 1.54) is 0 Å². The zero-order chi connectivity index (χ0) is 20.4. The fourth-order valence-corrected chi connectivity index (χ4v) is 3.18. The molecule has 2 amide bonds. The highest BCUT2D eigenvalue weighted by molar-refractivity contribution is 5.88. The Hall–Kier alpha value is -2.62. The first-order valence-corrected chi connectivity index (χ1v) is 10.2. The van der Waals surface area contributed by atoms with Gasteiger partial charge in [-0.1, -0.05) is 67.9 Å². The van der Waals surface area contributed by atoms with Crippen LogP contribution in [0.2, 0.25) is 0 Å². The molecule has 0 aromatic heterocycles. The molecule has 0 heterocycles. The Kier molecular flexibility index (Phi) is 8.73. The maximum absolute atomic E-state index is 13.1. The second-order valence-corrected chi connectivity index (χ2v) is 7.25. The van der Waals surface area contributed by atoms with Gasteiger partial charge in [0.25, 0.3) is 0 Å². The van der Waals surface area contributed by atoms with Gasteiger partial charge in [-0.15, -0.1) is 0 Å². The summed E-state index contributed by atoms with van der Waals surface area (Å²) in [5.74, 6) is -0.0944. The van der Waals surface area contributed by atoms with Gasteiger partial charge in [0, 0.05) is 13.1 Å². The van der Waals surface area contributed by atoms with Gasteiger partial charge in [-0.25, -0.2) is 0 Å². The van der Waals surface area contributed by atoms with Gasteiger partial charge >= 0.3 is 0 Å². The molecule has 1 N–H and O–H groups in total. The van der Waals surface area contributed by atoms with E-state index in [2.05, 4.69) is 24.4 Å². The minimum atomic E-state index is -0.489. The Morgan fingerprint density at radius 3 is 2.39 bits per heavy atom. The summed E-state index contributed by atoms with van der Waals surface area (Å²) < 4.78 is 0. The van der Waals surface area contributed by atoms with Crippen molar-refractivity contribution in [2.75, 3.05) is 13.1 Å². The number of nitrogens with zero attached hydrogens (tertiary/aromatic N) is 1. The molecule has 0 aliphatic rings. The van der Waals surface area contributed by atoms with Crippen LogP contribution in [0.1, 0.15) is 43.4 Å². The molecule has 0 aliphatic heterocycles. The van der Waals surface area contributed by atoms with E-state index in [1.807, 2.05) is 56.3 Å². The highest BCUT2D eigenvalue weighted by atomic mass is 16.2. The van der Waals surface area contributed by atoms with Gasteiger partial charge in [-0.3, -0.25) is 9.59 Å². The summed E-state index contributed by atoms with van der Waals surface area (Å²) in [7, 11) is 0. The third kappa shape index (κ3) is 6.52. The van der Waals surface area contributed by atoms with Crippen molar-refractivity contribution in [2.24, 2.45) is 0 Å². The maximum Gasteiger partial charge on any atom is 0.242 e. The second kappa shape index (κ2) is 11.3. The minimum Gasteiger partial charge on any atom is -0.354 e. The average molecular weight is 381 g/mol. The maximum atomic E-state index is 13.1. The lowest BCUT2D eigenvalue weighted by atomic mass is 10.0. The smallest absolute Gasteiger partial charge is 0.242 e. The summed E-state index contributed by atoms with van der Waals surface area (Å²) in [4.78, 5) is 27.4. The van der Waals surface area contributed by atoms with Crippen LogP contribution in [0.15, 0.2) is 54.6 Å². The number of nitrogens with one attached hydrogen (secondary N) is 1. The second-order valence-electron chi connectivity index (χ2n) is 7.25. The predicted octanol–water partition coefficient (Wildman–Crippen LogP) is 3.91. The fraction of sp³-hybridized carbons (Fsp3) is 0.417. The van der Waals surface area contributed by atoms with Gasteiger partial charge in [0.05, 0.1) is 6.42 Å². The summed E-state index contributed by atoms with van der Waals surface area (Å²) in [5.41, 5.74) is 3.27. The summed E-state index contributed by atoms with van der Waals surface area (Å²) in [5, 5.41) is 2.96. The van der Waals surface area contributed by atoms with E-state index < -0.39 is 6.04 Å². The molecular formula is C24H32N2O2. The SMILES string of the molecule is CCCCNC(=O)[C@H](C)N(CCc1ccccc1)C(=O)Cc1ccccc1C. The molecule has 1 atom stereocenters. The predicted molar refractivity (Wildman–Crippen MR) is 114 cm³/mol. The summed E-state index contributed by atoms with van der Waals surface area (Å²) in [6.45, 7) is 7.10. The van der Waals surface area contributed by atoms with Gasteiger partial charge in [0.2, 0.25) is 11.8 Å². The molecule has 0 fully saturated rings. The van der Waals surface area contributed by atoms with Crippen molar-refractivity contribution in [1.29, 1.82) is 0 Å². The van der Waals surface area contributed by atoms with Gasteiger partial charge < -0.3 is 10.2 Å². The zero-order valence-corrected chi connectivity index (χ0v) is 17.3. The van der Waals surface area contributed by atoms with Crippen LogP contribution in [-0.4, -0.2) is 35.8 Å². The van der Waals surface area contributed by atoms with Crippen molar-refractivity contribution < 1.29 is 9.59 Å². The lowest BCUT2D eigenvalue weighted by molar-refractivity contribution is -0.139. The number of aryl methyl sites for hydroxylation is 1. The molecule has 0 bridgehead atoms. The van der Waals surface area contributed by atoms with Crippen molar-refractivity contribution in [3.63, 3.8) is 0 Å². The molecule has 0 saturated heterocycles. The van der Waals surface area contributed by atoms with E-state index in [9.17, 15) is 9.59 Å². The monoisotopic (exact) mass is 380 g/mol. The standard InChI is InChI=1S/C24H32N2O2/c1-4-5-16-25-24(28)20(3)26(17-15-21-12-7-6-8-13-21)23(27)18-22-14-10-9-11-19(22)2/h6-14,20H,4-5,15-18H2,1-3H3,(H,25,28)/t20-/m0/s1. The fourth-order valence-electron chi connectivity index (χ4n) is 3.18. The largest absolute Gasteiger partial charge is 0.354 e. The highest BCUT2D eigenvalue weighted by Gasteiger charge is 2.25. The Morgan fingerprint density at radius 1 is 1.04 bits per heavy atom. The molecule has 0 radical (unpaired) electrons. The first-order chi connectivity index (χ1) is 13.5. The van der Waals surface area contributed by atoms with Crippen LogP contribution in [0.3, 0.4) is 0 Å². The molecule has 0 aliphatic carbocycles. The van der Waals surface area contributed by atoms with Crippen molar-refractivity contribution in [2.45, 2.75) is 52.5 Å². The average Bonchev–Trinajstić information content (AvgIpc) is 2.70. The van der Waals surface area contributed by atoms with Crippen LogP contribution in [0.4, 0.5) is 0 Å². The van der Waals surface area contributed by atoms with Crippen LogP contribution in [-0.2, 0) is 22.4 Å². The van der Waals surface area contributed by atoms with Crippen molar-refractivity contribution in [1.82, 2.24) is 10.2 Å². The highest BCUT2D eigenvalue weighted by Crippen LogP contribution is 2.12. The van der Waals surface area contributed by atoms with Crippen LogP contribution < -0.4 is 5.32 Å². The molecule has 4 nitrogen and oxygen atoms in total. The van der Waals surface area contributed by atoms with E-state index in [1.54, 1.807) is 4.90 Å². The van der Waals surface area contributed by atoms with Gasteiger partial charge in [-0.05, 0) is 43.4 Å². The van der Waals surface area contributed by atoms with Gasteiger partial charge in [-0.2, -0.15) is 0 Å². The first-order valence-electron chi connectivity index (χ1n) is 10.2. The molecule has 2 aromatic carbocycles. The number of benzene rings is 2. The summed E-state index contributed by atoms with van der Waals surface area (Å²) in [6, 6.07) is 17.5. The number of carbonyl (C=O) groups excluding carboxylic acids is 2. The van der Waals surface area contributed by atoms with E-state index in [0.717, 1.165) is 36.0 Å². The molecule has 28 heavy (non-hydrogen) atoms. The van der Waals surface area contributed by atoms with Crippen molar-refractivity contribution in [3.8, 4) is 0 Å². The van der Waals surface area contributed by atoms with E-state index >= 15 is 0 Å². The van der Waals surface area contributed by atoms with E-state index in [4.69, 9.17) is 0 Å². The number of hydrogen-bond acceptors (Lipinski definition) is 2. The van der Waals surface area contributed by atoms with Crippen LogP contribution in [0, 0.1) is 6.92 Å². The number of rotatable bonds is 10. The molecule has 150 valence electrons. The minimum absolute atomic E-state index is 0.0108. The molecule has 2 aromatic rings. The Labute approximate surface area is 169 Å². The van der Waals surface area contributed by atoms with Crippen molar-refractivity contribution in [3.05, 3.63) is 71.3 Å². The molecule has 0 saturated carbocycles. The third-order valence-corrected chi connectivity index (χ3v) is 5.08. The molecular weight excluding hydrogens is 348 g/mol. The van der Waals surface area contributed by atoms with E-state index in [-0.39, 0.29) is 11.8 Å². The Bertz CT molecular complexity index is 758. The van der Waals surface area contributed by atoms with Crippen LogP contribution in [0.25, 0.3) is 0 Å². The van der Waals surface area contributed by atoms with Crippen molar-refractivity contribution >= 4 is 11.8 Å². The normalized spacial score (nSPS) is 11.7. The van der Waals surface area contributed by atoms with Gasteiger partial charge in [0.15, 0.2) is 0 Å². The van der Waals surface area contributed by atoms with Gasteiger partial charge in [0.1, 0.15) is 6.04 Å². The third-order valence-electron chi connectivity index (χ3n) is 5.08. The summed E-state index contributed by atoms with van der Waals surface area (Å²) in [6.07, 6.45) is 3.01. The lowest BCUT2D eigenvalue weighted by Crippen LogP contribution is -2.49.